The van der Waals surface area contributed by atoms with E-state index in [2.05, 4.69) is 5.32 Å². The van der Waals surface area contributed by atoms with Crippen LogP contribution in [0, 0.1) is 6.92 Å². The highest BCUT2D eigenvalue weighted by molar-refractivity contribution is 7.16. The van der Waals surface area contributed by atoms with E-state index < -0.39 is 5.97 Å². The number of hydrogen-bond donors (Lipinski definition) is 1. The van der Waals surface area contributed by atoms with Crippen LogP contribution >= 0.6 is 11.3 Å². The molecule has 0 aliphatic carbocycles. The molecule has 21 heavy (non-hydrogen) atoms. The fraction of sp³-hybridized carbons (Fsp3) is 0.333. The Morgan fingerprint density at radius 2 is 2.24 bits per heavy atom. The lowest BCUT2D eigenvalue weighted by molar-refractivity contribution is -0.116. The summed E-state index contributed by atoms with van der Waals surface area (Å²) in [6.45, 7) is 3.93. The molecule has 0 aromatic carbocycles. The molecule has 0 unspecified atom stereocenters. The van der Waals surface area contributed by atoms with Crippen LogP contribution in [0.15, 0.2) is 28.9 Å². The van der Waals surface area contributed by atoms with E-state index in [4.69, 9.17) is 9.15 Å². The Balaban J connectivity index is 1.98. The molecule has 0 aliphatic rings. The number of thiophene rings is 1. The van der Waals surface area contributed by atoms with Gasteiger partial charge in [-0.25, -0.2) is 4.79 Å². The van der Waals surface area contributed by atoms with E-state index in [-0.39, 0.29) is 5.91 Å². The number of rotatable bonds is 6. The predicted molar refractivity (Wildman–Crippen MR) is 80.7 cm³/mol. The lowest BCUT2D eigenvalue weighted by Gasteiger charge is -2.05. The van der Waals surface area contributed by atoms with Crippen molar-refractivity contribution in [2.24, 2.45) is 0 Å². The molecule has 0 spiro atoms. The Labute approximate surface area is 126 Å². The molecule has 0 radical (unpaired) electrons. The van der Waals surface area contributed by atoms with Crippen molar-refractivity contribution in [3.8, 4) is 0 Å². The summed E-state index contributed by atoms with van der Waals surface area (Å²) in [6.07, 6.45) is 2.40. The summed E-state index contributed by atoms with van der Waals surface area (Å²) in [7, 11) is 0. The maximum absolute atomic E-state index is 12.0. The number of nitrogens with one attached hydrogen (secondary N) is 1. The molecule has 0 fully saturated rings. The number of carbonyl (C=O) groups excluding carboxylic acids is 2. The summed E-state index contributed by atoms with van der Waals surface area (Å²) in [6, 6.07) is 5.34. The fourth-order valence-electron chi connectivity index (χ4n) is 1.85. The van der Waals surface area contributed by atoms with E-state index in [0.717, 1.165) is 10.6 Å². The maximum Gasteiger partial charge on any atom is 0.341 e. The van der Waals surface area contributed by atoms with Gasteiger partial charge in [0.2, 0.25) is 5.91 Å². The van der Waals surface area contributed by atoms with Gasteiger partial charge in [-0.05, 0) is 32.0 Å². The summed E-state index contributed by atoms with van der Waals surface area (Å²) in [5.74, 6) is 0.195. The second kappa shape index (κ2) is 7.08. The topological polar surface area (TPSA) is 68.5 Å². The highest BCUT2D eigenvalue weighted by Gasteiger charge is 2.17. The van der Waals surface area contributed by atoms with Gasteiger partial charge in [0.1, 0.15) is 10.8 Å². The number of ether oxygens (including phenoxy) is 1. The molecule has 0 saturated carbocycles. The zero-order valence-electron chi connectivity index (χ0n) is 12.0. The molecule has 2 rings (SSSR count). The van der Waals surface area contributed by atoms with Gasteiger partial charge in [0.15, 0.2) is 0 Å². The molecule has 2 heterocycles. The van der Waals surface area contributed by atoms with E-state index in [1.54, 1.807) is 25.3 Å². The molecular formula is C15H17NO4S. The lowest BCUT2D eigenvalue weighted by Crippen LogP contribution is -2.14. The van der Waals surface area contributed by atoms with Crippen molar-refractivity contribution >= 4 is 28.2 Å². The number of hydrogen-bond acceptors (Lipinski definition) is 5. The van der Waals surface area contributed by atoms with Crippen molar-refractivity contribution in [2.45, 2.75) is 26.7 Å². The molecule has 1 N–H and O–H groups in total. The number of carbonyl (C=O) groups is 2. The summed E-state index contributed by atoms with van der Waals surface area (Å²) in [5, 5.41) is 3.31. The second-order valence-corrected chi connectivity index (χ2v) is 5.70. The third-order valence-electron chi connectivity index (χ3n) is 2.78. The average Bonchev–Trinajstić information content (AvgIpc) is 3.06. The van der Waals surface area contributed by atoms with E-state index in [1.807, 2.05) is 13.0 Å². The predicted octanol–water partition coefficient (Wildman–Crippen LogP) is 3.40. The third-order valence-corrected chi connectivity index (χ3v) is 3.75. The quantitative estimate of drug-likeness (QED) is 0.830. The Bertz CT molecular complexity index is 616. The molecule has 2 aromatic heterocycles. The first-order valence-electron chi connectivity index (χ1n) is 6.70. The van der Waals surface area contributed by atoms with Crippen LogP contribution in [-0.4, -0.2) is 18.5 Å². The van der Waals surface area contributed by atoms with E-state index in [9.17, 15) is 9.59 Å². The van der Waals surface area contributed by atoms with Gasteiger partial charge in [-0.1, -0.05) is 0 Å². The minimum absolute atomic E-state index is 0.154. The van der Waals surface area contributed by atoms with Crippen LogP contribution in [0.1, 0.15) is 34.3 Å². The average molecular weight is 307 g/mol. The van der Waals surface area contributed by atoms with Gasteiger partial charge >= 0.3 is 5.97 Å². The normalized spacial score (nSPS) is 10.4. The fourth-order valence-corrected chi connectivity index (χ4v) is 2.76. The molecule has 1 amide bonds. The Morgan fingerprint density at radius 3 is 2.90 bits per heavy atom. The van der Waals surface area contributed by atoms with Crippen LogP contribution in [0.4, 0.5) is 5.00 Å². The molecule has 2 aromatic rings. The molecule has 5 nitrogen and oxygen atoms in total. The van der Waals surface area contributed by atoms with Crippen LogP contribution in [0.25, 0.3) is 0 Å². The zero-order valence-corrected chi connectivity index (χ0v) is 12.8. The Hall–Kier alpha value is -2.08. The van der Waals surface area contributed by atoms with Gasteiger partial charge < -0.3 is 14.5 Å². The molecule has 0 aliphatic heterocycles. The van der Waals surface area contributed by atoms with Crippen molar-refractivity contribution < 1.29 is 18.7 Å². The van der Waals surface area contributed by atoms with Gasteiger partial charge in [0.05, 0.1) is 18.4 Å². The maximum atomic E-state index is 12.0. The van der Waals surface area contributed by atoms with Gasteiger partial charge in [-0.15, -0.1) is 11.3 Å². The number of amides is 1. The van der Waals surface area contributed by atoms with Crippen LogP contribution < -0.4 is 5.32 Å². The van der Waals surface area contributed by atoms with Crippen LogP contribution in [0.5, 0.6) is 0 Å². The third kappa shape index (κ3) is 4.19. The van der Waals surface area contributed by atoms with Crippen molar-refractivity contribution in [3.05, 3.63) is 40.7 Å². The van der Waals surface area contributed by atoms with Gasteiger partial charge in [-0.2, -0.15) is 0 Å². The largest absolute Gasteiger partial charge is 0.469 e. The van der Waals surface area contributed by atoms with Crippen molar-refractivity contribution in [1.29, 1.82) is 0 Å². The molecule has 0 bridgehead atoms. The zero-order chi connectivity index (χ0) is 15.2. The summed E-state index contributed by atoms with van der Waals surface area (Å²) >= 11 is 1.36. The number of furan rings is 1. The highest BCUT2D eigenvalue weighted by atomic mass is 32.1. The lowest BCUT2D eigenvalue weighted by atomic mass is 10.2. The van der Waals surface area contributed by atoms with E-state index >= 15 is 0 Å². The molecule has 112 valence electrons. The van der Waals surface area contributed by atoms with Crippen LogP contribution in [-0.2, 0) is 16.0 Å². The standard InChI is InChI=1S/C15H17NO4S/c1-3-19-15(18)12-9-10(2)21-14(12)16-13(17)7-6-11-5-4-8-20-11/h4-5,8-9H,3,6-7H2,1-2H3,(H,16,17). The van der Waals surface area contributed by atoms with Crippen molar-refractivity contribution in [2.75, 3.05) is 11.9 Å². The summed E-state index contributed by atoms with van der Waals surface area (Å²) in [5.41, 5.74) is 0.408. The number of aryl methyl sites for hydroxylation is 2. The highest BCUT2D eigenvalue weighted by Crippen LogP contribution is 2.28. The van der Waals surface area contributed by atoms with E-state index in [0.29, 0.717) is 30.0 Å². The second-order valence-electron chi connectivity index (χ2n) is 4.45. The summed E-state index contributed by atoms with van der Waals surface area (Å²) in [4.78, 5) is 24.7. The first kappa shape index (κ1) is 15.3. The van der Waals surface area contributed by atoms with Gasteiger partial charge in [0.25, 0.3) is 0 Å². The van der Waals surface area contributed by atoms with Crippen molar-refractivity contribution in [1.82, 2.24) is 0 Å². The van der Waals surface area contributed by atoms with Crippen LogP contribution in [0.3, 0.4) is 0 Å². The first-order valence-corrected chi connectivity index (χ1v) is 7.51. The minimum Gasteiger partial charge on any atom is -0.469 e. The van der Waals surface area contributed by atoms with E-state index in [1.165, 1.54) is 11.3 Å². The van der Waals surface area contributed by atoms with Crippen molar-refractivity contribution in [3.63, 3.8) is 0 Å². The van der Waals surface area contributed by atoms with Gasteiger partial charge in [0, 0.05) is 17.7 Å². The number of esters is 1. The summed E-state index contributed by atoms with van der Waals surface area (Å²) < 4.78 is 10.2. The minimum atomic E-state index is -0.414. The Morgan fingerprint density at radius 1 is 1.43 bits per heavy atom. The first-order chi connectivity index (χ1) is 10.1. The molecule has 0 atom stereocenters. The smallest absolute Gasteiger partial charge is 0.341 e. The Kier molecular flexibility index (Phi) is 5.16. The van der Waals surface area contributed by atoms with Crippen LogP contribution in [0.2, 0.25) is 0 Å². The SMILES string of the molecule is CCOC(=O)c1cc(C)sc1NC(=O)CCc1ccco1. The molecule has 6 heteroatoms. The monoisotopic (exact) mass is 307 g/mol. The molecular weight excluding hydrogens is 290 g/mol. The van der Waals surface area contributed by atoms with Gasteiger partial charge in [-0.3, -0.25) is 4.79 Å². The molecule has 0 saturated heterocycles. The number of anilines is 1.